The number of nitrogens with two attached hydrogens (primary N) is 1. The summed E-state index contributed by atoms with van der Waals surface area (Å²) in [7, 11) is 0. The number of aliphatic hydroxyl groups excluding tert-OH is 1. The second kappa shape index (κ2) is 8.46. The molecule has 4 nitrogen and oxygen atoms in total. The van der Waals surface area contributed by atoms with E-state index in [0.29, 0.717) is 13.1 Å². The van der Waals surface area contributed by atoms with Crippen LogP contribution in [0.5, 0.6) is 0 Å². The monoisotopic (exact) mass is 318 g/mol. The summed E-state index contributed by atoms with van der Waals surface area (Å²) >= 11 is 0. The van der Waals surface area contributed by atoms with Crippen molar-refractivity contribution in [3.05, 3.63) is 35.4 Å². The van der Waals surface area contributed by atoms with Gasteiger partial charge in [0.1, 0.15) is 0 Å². The first-order chi connectivity index (χ1) is 11.0. The maximum atomic E-state index is 12.8. The van der Waals surface area contributed by atoms with Crippen LogP contribution in [0.1, 0.15) is 56.3 Å². The van der Waals surface area contributed by atoms with Crippen LogP contribution in [-0.4, -0.2) is 35.0 Å². The molecule has 3 unspecified atom stereocenters. The third-order valence-electron chi connectivity index (χ3n) is 4.94. The number of rotatable bonds is 5. The maximum Gasteiger partial charge on any atom is 0.227 e. The van der Waals surface area contributed by atoms with E-state index in [1.54, 1.807) is 4.90 Å². The van der Waals surface area contributed by atoms with Crippen LogP contribution in [-0.2, 0) is 4.79 Å². The average Bonchev–Trinajstić information content (AvgIpc) is 2.77. The molecule has 2 rings (SSSR count). The number of carbonyl (C=O) groups is 1. The largest absolute Gasteiger partial charge is 0.387 e. The van der Waals surface area contributed by atoms with E-state index in [0.717, 1.165) is 43.2 Å². The Labute approximate surface area is 139 Å². The number of nitrogens with zero attached hydrogens (tertiary/aromatic N) is 1. The van der Waals surface area contributed by atoms with Crippen molar-refractivity contribution >= 4 is 5.91 Å². The van der Waals surface area contributed by atoms with Crippen LogP contribution >= 0.6 is 0 Å². The Balaban J connectivity index is 2.03. The van der Waals surface area contributed by atoms with Crippen molar-refractivity contribution in [2.45, 2.75) is 58.1 Å². The highest BCUT2D eigenvalue weighted by molar-refractivity contribution is 5.79. The molecule has 0 bridgehead atoms. The number of hydrogen-bond acceptors (Lipinski definition) is 3. The van der Waals surface area contributed by atoms with Gasteiger partial charge in [-0.25, -0.2) is 0 Å². The number of carbonyl (C=O) groups excluding carboxylic acids is 1. The Bertz CT molecular complexity index is 501. The molecule has 1 amide bonds. The first kappa shape index (κ1) is 18.0. The third-order valence-corrected chi connectivity index (χ3v) is 4.94. The summed E-state index contributed by atoms with van der Waals surface area (Å²) in [5.41, 5.74) is 8.24. The average molecular weight is 318 g/mol. The minimum atomic E-state index is -0.651. The number of amides is 1. The standard InChI is InChI=1S/C19H30N2O2/c1-3-21(13-18(22)15-11-9-14(2)10-12-15)19(23)16-7-5-4-6-8-17(16)20/h9-12,16-18,22H,3-8,13,20H2,1-2H3. The van der Waals surface area contributed by atoms with E-state index in [9.17, 15) is 9.90 Å². The molecule has 4 heteroatoms. The number of benzene rings is 1. The molecule has 0 aromatic heterocycles. The van der Waals surface area contributed by atoms with Crippen molar-refractivity contribution in [2.24, 2.45) is 11.7 Å². The van der Waals surface area contributed by atoms with Gasteiger partial charge in [-0.05, 0) is 32.3 Å². The van der Waals surface area contributed by atoms with Gasteiger partial charge in [0.2, 0.25) is 5.91 Å². The Morgan fingerprint density at radius 2 is 1.91 bits per heavy atom. The van der Waals surface area contributed by atoms with Gasteiger partial charge in [0, 0.05) is 12.6 Å². The van der Waals surface area contributed by atoms with Gasteiger partial charge in [0.25, 0.3) is 0 Å². The fourth-order valence-corrected chi connectivity index (χ4v) is 3.36. The summed E-state index contributed by atoms with van der Waals surface area (Å²) in [6.45, 7) is 4.92. The first-order valence-corrected chi connectivity index (χ1v) is 8.82. The molecule has 1 fully saturated rings. The second-order valence-corrected chi connectivity index (χ2v) is 6.71. The zero-order chi connectivity index (χ0) is 16.8. The molecule has 0 spiro atoms. The van der Waals surface area contributed by atoms with Crippen molar-refractivity contribution in [2.75, 3.05) is 13.1 Å². The molecule has 0 radical (unpaired) electrons. The van der Waals surface area contributed by atoms with E-state index in [4.69, 9.17) is 5.73 Å². The molecule has 1 aliphatic rings. The van der Waals surface area contributed by atoms with Crippen molar-refractivity contribution in [3.8, 4) is 0 Å². The number of aliphatic hydroxyl groups is 1. The number of likely N-dealkylation sites (N-methyl/N-ethyl adjacent to an activating group) is 1. The van der Waals surface area contributed by atoms with E-state index >= 15 is 0 Å². The fraction of sp³-hybridized carbons (Fsp3) is 0.632. The summed E-state index contributed by atoms with van der Waals surface area (Å²) in [6, 6.07) is 7.77. The van der Waals surface area contributed by atoms with Crippen molar-refractivity contribution in [1.82, 2.24) is 4.90 Å². The Kier molecular flexibility index (Phi) is 6.60. The first-order valence-electron chi connectivity index (χ1n) is 8.82. The van der Waals surface area contributed by atoms with Crippen LogP contribution in [0.3, 0.4) is 0 Å². The minimum Gasteiger partial charge on any atom is -0.387 e. The van der Waals surface area contributed by atoms with E-state index in [1.807, 2.05) is 38.1 Å². The molecule has 23 heavy (non-hydrogen) atoms. The van der Waals surface area contributed by atoms with E-state index in [1.165, 1.54) is 0 Å². The lowest BCUT2D eigenvalue weighted by atomic mass is 9.93. The highest BCUT2D eigenvalue weighted by Crippen LogP contribution is 2.25. The Morgan fingerprint density at radius 1 is 1.26 bits per heavy atom. The molecule has 0 saturated heterocycles. The maximum absolute atomic E-state index is 12.8. The summed E-state index contributed by atoms with van der Waals surface area (Å²) in [5, 5.41) is 10.5. The summed E-state index contributed by atoms with van der Waals surface area (Å²) in [4.78, 5) is 14.6. The SMILES string of the molecule is CCN(CC(O)c1ccc(C)cc1)C(=O)C1CCCCCC1N. The van der Waals surface area contributed by atoms with Gasteiger partial charge in [-0.2, -0.15) is 0 Å². The van der Waals surface area contributed by atoms with Crippen molar-refractivity contribution in [1.29, 1.82) is 0 Å². The van der Waals surface area contributed by atoms with Gasteiger partial charge in [-0.15, -0.1) is 0 Å². The van der Waals surface area contributed by atoms with Crippen LogP contribution in [0, 0.1) is 12.8 Å². The number of aryl methyl sites for hydroxylation is 1. The predicted molar refractivity (Wildman–Crippen MR) is 92.9 cm³/mol. The van der Waals surface area contributed by atoms with E-state index < -0.39 is 6.10 Å². The highest BCUT2D eigenvalue weighted by Gasteiger charge is 2.30. The minimum absolute atomic E-state index is 0.0458. The van der Waals surface area contributed by atoms with Gasteiger partial charge in [-0.3, -0.25) is 4.79 Å². The zero-order valence-electron chi connectivity index (χ0n) is 14.4. The van der Waals surface area contributed by atoms with Gasteiger partial charge in [0.05, 0.1) is 18.6 Å². The van der Waals surface area contributed by atoms with Gasteiger partial charge in [0.15, 0.2) is 0 Å². The molecule has 1 aliphatic carbocycles. The molecule has 1 aromatic carbocycles. The Hall–Kier alpha value is -1.39. The summed E-state index contributed by atoms with van der Waals surface area (Å²) in [5.74, 6) is 0.00993. The predicted octanol–water partition coefficient (Wildman–Crippen LogP) is 2.78. The van der Waals surface area contributed by atoms with Crippen LogP contribution < -0.4 is 5.73 Å². The third kappa shape index (κ3) is 4.79. The normalized spacial score (nSPS) is 23.1. The summed E-state index contributed by atoms with van der Waals surface area (Å²) in [6.07, 6.45) is 4.49. The molecule has 128 valence electrons. The second-order valence-electron chi connectivity index (χ2n) is 6.71. The molecular formula is C19H30N2O2. The summed E-state index contributed by atoms with van der Waals surface area (Å²) < 4.78 is 0. The molecule has 0 aliphatic heterocycles. The molecular weight excluding hydrogens is 288 g/mol. The smallest absolute Gasteiger partial charge is 0.227 e. The van der Waals surface area contributed by atoms with E-state index in [2.05, 4.69) is 0 Å². The van der Waals surface area contributed by atoms with E-state index in [-0.39, 0.29) is 17.9 Å². The van der Waals surface area contributed by atoms with Crippen LogP contribution in [0.15, 0.2) is 24.3 Å². The van der Waals surface area contributed by atoms with Gasteiger partial charge in [-0.1, -0.05) is 49.1 Å². The molecule has 1 saturated carbocycles. The van der Waals surface area contributed by atoms with Crippen molar-refractivity contribution < 1.29 is 9.90 Å². The highest BCUT2D eigenvalue weighted by atomic mass is 16.3. The van der Waals surface area contributed by atoms with Gasteiger partial charge < -0.3 is 15.7 Å². The van der Waals surface area contributed by atoms with Crippen molar-refractivity contribution in [3.63, 3.8) is 0 Å². The quantitative estimate of drug-likeness (QED) is 0.820. The topological polar surface area (TPSA) is 66.6 Å². The Morgan fingerprint density at radius 3 is 2.57 bits per heavy atom. The molecule has 3 N–H and O–H groups in total. The number of hydrogen-bond donors (Lipinski definition) is 2. The van der Waals surface area contributed by atoms with Crippen LogP contribution in [0.25, 0.3) is 0 Å². The fourth-order valence-electron chi connectivity index (χ4n) is 3.36. The molecule has 1 aromatic rings. The van der Waals surface area contributed by atoms with Crippen LogP contribution in [0.4, 0.5) is 0 Å². The molecule has 3 atom stereocenters. The lowest BCUT2D eigenvalue weighted by molar-refractivity contribution is -0.137. The van der Waals surface area contributed by atoms with Gasteiger partial charge >= 0.3 is 0 Å². The lowest BCUT2D eigenvalue weighted by Gasteiger charge is -2.30. The lowest BCUT2D eigenvalue weighted by Crippen LogP contribution is -2.45. The zero-order valence-corrected chi connectivity index (χ0v) is 14.4. The van der Waals surface area contributed by atoms with Crippen LogP contribution in [0.2, 0.25) is 0 Å². The molecule has 0 heterocycles.